The number of halogens is 1. The smallest absolute Gasteiger partial charge is 0.223 e. The van der Waals surface area contributed by atoms with Gasteiger partial charge in [0.05, 0.1) is 6.04 Å². The molecule has 1 atom stereocenters. The van der Waals surface area contributed by atoms with E-state index >= 15 is 0 Å². The molecule has 1 aliphatic rings. The van der Waals surface area contributed by atoms with Crippen LogP contribution < -0.4 is 5.32 Å². The van der Waals surface area contributed by atoms with Crippen molar-refractivity contribution in [1.29, 1.82) is 0 Å². The van der Waals surface area contributed by atoms with Crippen molar-refractivity contribution in [2.75, 3.05) is 18.4 Å². The molecule has 22 heavy (non-hydrogen) atoms. The Morgan fingerprint density at radius 2 is 2.05 bits per heavy atom. The average Bonchev–Trinajstić information content (AvgIpc) is 2.74. The third kappa shape index (κ3) is 2.88. The summed E-state index contributed by atoms with van der Waals surface area (Å²) >= 11 is 3.56. The largest absolute Gasteiger partial charge is 0.383 e. The molecule has 0 saturated carbocycles. The van der Waals surface area contributed by atoms with E-state index in [4.69, 9.17) is 0 Å². The first-order valence-electron chi connectivity index (χ1n) is 7.58. The highest BCUT2D eigenvalue weighted by Crippen LogP contribution is 2.37. The average molecular weight is 359 g/mol. The fraction of sp³-hybridized carbons (Fsp3) is 0.278. The van der Waals surface area contributed by atoms with Crippen LogP contribution in [0.3, 0.4) is 0 Å². The lowest BCUT2D eigenvalue weighted by atomic mass is 9.95. The second kappa shape index (κ2) is 6.53. The number of amides is 1. The molecule has 0 aromatic heterocycles. The number of nitrogens with zero attached hydrogens (tertiary/aromatic N) is 1. The summed E-state index contributed by atoms with van der Waals surface area (Å²) in [6.07, 6.45) is 0.521. The molecule has 3 rings (SSSR count). The van der Waals surface area contributed by atoms with Crippen LogP contribution in [0.2, 0.25) is 0 Å². The van der Waals surface area contributed by atoms with Crippen LogP contribution >= 0.6 is 15.9 Å². The van der Waals surface area contributed by atoms with Gasteiger partial charge in [-0.25, -0.2) is 0 Å². The van der Waals surface area contributed by atoms with Crippen LogP contribution in [0.5, 0.6) is 0 Å². The van der Waals surface area contributed by atoms with Crippen LogP contribution in [-0.2, 0) is 4.79 Å². The van der Waals surface area contributed by atoms with Gasteiger partial charge in [-0.1, -0.05) is 53.2 Å². The van der Waals surface area contributed by atoms with Gasteiger partial charge in [0.25, 0.3) is 0 Å². The van der Waals surface area contributed by atoms with Crippen molar-refractivity contribution in [2.45, 2.75) is 19.4 Å². The Balaban J connectivity index is 2.16. The van der Waals surface area contributed by atoms with E-state index in [0.29, 0.717) is 13.0 Å². The molecule has 3 nitrogen and oxygen atoms in total. The maximum absolute atomic E-state index is 12.5. The molecule has 0 fully saturated rings. The number of fused-ring (bicyclic) bond motifs is 1. The Bertz CT molecular complexity index is 672. The van der Waals surface area contributed by atoms with Crippen LogP contribution in [0.15, 0.2) is 53.0 Å². The van der Waals surface area contributed by atoms with Gasteiger partial charge < -0.3 is 10.2 Å². The minimum atomic E-state index is -0.0452. The molecule has 0 bridgehead atoms. The van der Waals surface area contributed by atoms with Gasteiger partial charge in [-0.05, 0) is 23.8 Å². The van der Waals surface area contributed by atoms with Gasteiger partial charge in [-0.15, -0.1) is 0 Å². The number of benzene rings is 2. The Morgan fingerprint density at radius 1 is 1.27 bits per heavy atom. The summed E-state index contributed by atoms with van der Waals surface area (Å²) in [5.41, 5.74) is 3.38. The number of hydrogen-bond donors (Lipinski definition) is 1. The third-order valence-corrected chi connectivity index (χ3v) is 4.52. The maximum atomic E-state index is 12.5. The predicted molar refractivity (Wildman–Crippen MR) is 92.9 cm³/mol. The highest BCUT2D eigenvalue weighted by atomic mass is 79.9. The van der Waals surface area contributed by atoms with Gasteiger partial charge in [0.15, 0.2) is 0 Å². The van der Waals surface area contributed by atoms with Gasteiger partial charge in [0.2, 0.25) is 5.91 Å². The Kier molecular flexibility index (Phi) is 4.48. The summed E-state index contributed by atoms with van der Waals surface area (Å²) in [5, 5.41) is 3.45. The van der Waals surface area contributed by atoms with Crippen LogP contribution in [-0.4, -0.2) is 23.9 Å². The van der Waals surface area contributed by atoms with Gasteiger partial charge in [0, 0.05) is 35.2 Å². The summed E-state index contributed by atoms with van der Waals surface area (Å²) in [4.78, 5) is 14.5. The molecule has 4 heteroatoms. The molecule has 0 aliphatic carbocycles. The van der Waals surface area contributed by atoms with Crippen LogP contribution in [0, 0.1) is 0 Å². The third-order valence-electron chi connectivity index (χ3n) is 4.03. The zero-order valence-corrected chi connectivity index (χ0v) is 14.1. The molecule has 0 radical (unpaired) electrons. The molecule has 1 N–H and O–H groups in total. The van der Waals surface area contributed by atoms with E-state index in [1.165, 1.54) is 0 Å². The van der Waals surface area contributed by atoms with E-state index in [1.54, 1.807) is 0 Å². The lowest BCUT2D eigenvalue weighted by molar-refractivity contribution is -0.132. The Morgan fingerprint density at radius 3 is 2.77 bits per heavy atom. The second-order valence-electron chi connectivity index (χ2n) is 5.41. The monoisotopic (exact) mass is 358 g/mol. The molecule has 1 aliphatic heterocycles. The van der Waals surface area contributed by atoms with E-state index in [1.807, 2.05) is 36.1 Å². The van der Waals surface area contributed by atoms with Crippen LogP contribution in [0.1, 0.15) is 30.5 Å². The van der Waals surface area contributed by atoms with Gasteiger partial charge in [-0.3, -0.25) is 4.79 Å². The van der Waals surface area contributed by atoms with Crippen molar-refractivity contribution < 1.29 is 4.79 Å². The lowest BCUT2D eigenvalue weighted by Gasteiger charge is -2.31. The molecular formula is C18H19BrN2O. The van der Waals surface area contributed by atoms with Crippen molar-refractivity contribution in [3.8, 4) is 0 Å². The fourth-order valence-corrected chi connectivity index (χ4v) is 3.37. The van der Waals surface area contributed by atoms with Gasteiger partial charge >= 0.3 is 0 Å². The summed E-state index contributed by atoms with van der Waals surface area (Å²) in [6.45, 7) is 3.40. The minimum absolute atomic E-state index is 0.0452. The summed E-state index contributed by atoms with van der Waals surface area (Å²) in [5.74, 6) is 0.184. The molecule has 1 unspecified atom stereocenters. The van der Waals surface area contributed by atoms with E-state index in [0.717, 1.165) is 27.8 Å². The molecule has 0 spiro atoms. The minimum Gasteiger partial charge on any atom is -0.383 e. The maximum Gasteiger partial charge on any atom is 0.223 e. The van der Waals surface area contributed by atoms with E-state index < -0.39 is 0 Å². The van der Waals surface area contributed by atoms with Crippen LogP contribution in [0.4, 0.5) is 5.69 Å². The normalized spacial score (nSPS) is 17.4. The highest BCUT2D eigenvalue weighted by Gasteiger charge is 2.29. The first-order valence-corrected chi connectivity index (χ1v) is 8.37. The molecule has 1 heterocycles. The Hall–Kier alpha value is -1.81. The summed E-state index contributed by atoms with van der Waals surface area (Å²) < 4.78 is 1.03. The van der Waals surface area contributed by atoms with Gasteiger partial charge in [0.1, 0.15) is 0 Å². The van der Waals surface area contributed by atoms with E-state index in [9.17, 15) is 4.79 Å². The summed E-state index contributed by atoms with van der Waals surface area (Å²) in [7, 11) is 0. The molecule has 2 aromatic rings. The lowest BCUT2D eigenvalue weighted by Crippen LogP contribution is -2.36. The number of anilines is 1. The predicted octanol–water partition coefficient (Wildman–Crippen LogP) is 4.20. The first-order chi connectivity index (χ1) is 10.7. The van der Waals surface area contributed by atoms with Crippen molar-refractivity contribution in [3.05, 3.63) is 64.1 Å². The van der Waals surface area contributed by atoms with E-state index in [2.05, 4.69) is 45.5 Å². The van der Waals surface area contributed by atoms with Crippen molar-refractivity contribution >= 4 is 27.5 Å². The van der Waals surface area contributed by atoms with Crippen LogP contribution in [0.25, 0.3) is 0 Å². The topological polar surface area (TPSA) is 32.3 Å². The first kappa shape index (κ1) is 15.1. The summed E-state index contributed by atoms with van der Waals surface area (Å²) in [6, 6.07) is 16.4. The SMILES string of the molecule is CCC(=O)N1CCNc2ccc(Br)cc2C1c1ccccc1. The number of rotatable bonds is 2. The van der Waals surface area contributed by atoms with E-state index in [-0.39, 0.29) is 11.9 Å². The zero-order chi connectivity index (χ0) is 15.5. The second-order valence-corrected chi connectivity index (χ2v) is 6.33. The number of nitrogens with one attached hydrogen (secondary N) is 1. The zero-order valence-electron chi connectivity index (χ0n) is 12.6. The van der Waals surface area contributed by atoms with Gasteiger partial charge in [-0.2, -0.15) is 0 Å². The quantitative estimate of drug-likeness (QED) is 0.872. The molecular weight excluding hydrogens is 340 g/mol. The van der Waals surface area contributed by atoms with Crippen molar-refractivity contribution in [2.24, 2.45) is 0 Å². The standard InChI is InChI=1S/C18H19BrN2O/c1-2-17(22)21-11-10-20-16-9-8-14(19)12-15(16)18(21)13-6-4-3-5-7-13/h3-9,12,18,20H,2,10-11H2,1H3. The number of carbonyl (C=O) groups is 1. The number of carbonyl (C=O) groups excluding carboxylic acids is 1. The Labute approximate surface area is 139 Å². The molecule has 1 amide bonds. The molecule has 0 saturated heterocycles. The van der Waals surface area contributed by atoms with Crippen molar-refractivity contribution in [1.82, 2.24) is 4.90 Å². The van der Waals surface area contributed by atoms with Crippen molar-refractivity contribution in [3.63, 3.8) is 0 Å². The number of hydrogen-bond acceptors (Lipinski definition) is 2. The molecule has 2 aromatic carbocycles. The highest BCUT2D eigenvalue weighted by molar-refractivity contribution is 9.10. The molecule has 114 valence electrons. The fourth-order valence-electron chi connectivity index (χ4n) is 3.00.